The molecule has 2 nitrogen and oxygen atoms in total. The molecule has 0 aliphatic rings. The monoisotopic (exact) mass is 248 g/mol. The normalized spacial score (nSPS) is 12.9. The van der Waals surface area contributed by atoms with Crippen molar-refractivity contribution in [2.75, 3.05) is 6.54 Å². The van der Waals surface area contributed by atoms with E-state index in [4.69, 9.17) is 0 Å². The third kappa shape index (κ3) is 5.63. The molecule has 0 fully saturated rings. The highest BCUT2D eigenvalue weighted by atomic mass is 14.9. The lowest BCUT2D eigenvalue weighted by Crippen LogP contribution is -2.22. The van der Waals surface area contributed by atoms with Gasteiger partial charge < -0.3 is 5.32 Å². The number of pyridine rings is 1. The second-order valence-corrected chi connectivity index (χ2v) is 5.63. The Balaban J connectivity index is 2.59. The zero-order valence-electron chi connectivity index (χ0n) is 12.4. The highest BCUT2D eigenvalue weighted by Crippen LogP contribution is 2.21. The molecule has 2 heteroatoms. The van der Waals surface area contributed by atoms with E-state index >= 15 is 0 Å². The summed E-state index contributed by atoms with van der Waals surface area (Å²) < 4.78 is 0. The van der Waals surface area contributed by atoms with Gasteiger partial charge >= 0.3 is 0 Å². The van der Waals surface area contributed by atoms with Crippen LogP contribution in [0, 0.1) is 12.8 Å². The fourth-order valence-corrected chi connectivity index (χ4v) is 2.20. The van der Waals surface area contributed by atoms with Crippen molar-refractivity contribution in [3.8, 4) is 0 Å². The topological polar surface area (TPSA) is 24.9 Å². The minimum atomic E-state index is 0.469. The van der Waals surface area contributed by atoms with Crippen molar-refractivity contribution < 1.29 is 0 Å². The van der Waals surface area contributed by atoms with E-state index in [9.17, 15) is 0 Å². The van der Waals surface area contributed by atoms with Crippen molar-refractivity contribution in [1.82, 2.24) is 10.3 Å². The third-order valence-corrected chi connectivity index (χ3v) is 3.21. The number of nitrogens with one attached hydrogen (secondary N) is 1. The van der Waals surface area contributed by atoms with Crippen molar-refractivity contribution >= 4 is 0 Å². The second kappa shape index (κ2) is 8.25. The second-order valence-electron chi connectivity index (χ2n) is 5.63. The van der Waals surface area contributed by atoms with E-state index in [-0.39, 0.29) is 0 Å². The summed E-state index contributed by atoms with van der Waals surface area (Å²) in [4.78, 5) is 4.32. The minimum Gasteiger partial charge on any atom is -0.310 e. The molecule has 18 heavy (non-hydrogen) atoms. The number of hydrogen-bond acceptors (Lipinski definition) is 2. The van der Waals surface area contributed by atoms with Crippen molar-refractivity contribution in [2.45, 2.75) is 59.4 Å². The highest BCUT2D eigenvalue weighted by Gasteiger charge is 2.11. The number of hydrogen-bond donors (Lipinski definition) is 1. The first kappa shape index (κ1) is 15.2. The van der Waals surface area contributed by atoms with Gasteiger partial charge in [0.25, 0.3) is 0 Å². The molecule has 1 atom stereocenters. The van der Waals surface area contributed by atoms with E-state index in [1.165, 1.54) is 36.8 Å². The molecule has 0 aromatic carbocycles. The number of aryl methyl sites for hydroxylation is 1. The molecule has 1 heterocycles. The van der Waals surface area contributed by atoms with E-state index in [0.717, 1.165) is 12.5 Å². The quantitative estimate of drug-likeness (QED) is 0.743. The SMILES string of the molecule is CCCNC(CCCC(C)C)c1cncc(C)c1. The predicted molar refractivity (Wildman–Crippen MR) is 78.7 cm³/mol. The first-order valence-electron chi connectivity index (χ1n) is 7.28. The Morgan fingerprint density at radius 2 is 2.00 bits per heavy atom. The Labute approximate surface area is 112 Å². The molecule has 0 saturated carbocycles. The molecular formula is C16H28N2. The van der Waals surface area contributed by atoms with E-state index in [1.54, 1.807) is 0 Å². The van der Waals surface area contributed by atoms with Crippen LogP contribution >= 0.6 is 0 Å². The van der Waals surface area contributed by atoms with Crippen LogP contribution in [0.5, 0.6) is 0 Å². The maximum absolute atomic E-state index is 4.32. The minimum absolute atomic E-state index is 0.469. The summed E-state index contributed by atoms with van der Waals surface area (Å²) in [5, 5.41) is 3.65. The molecule has 0 bridgehead atoms. The number of rotatable bonds is 8. The summed E-state index contributed by atoms with van der Waals surface area (Å²) in [6.07, 6.45) is 8.92. The molecule has 1 unspecified atom stereocenters. The lowest BCUT2D eigenvalue weighted by molar-refractivity contribution is 0.447. The van der Waals surface area contributed by atoms with E-state index < -0.39 is 0 Å². The molecule has 1 aromatic heterocycles. The first-order valence-corrected chi connectivity index (χ1v) is 7.28. The van der Waals surface area contributed by atoms with E-state index in [2.05, 4.69) is 44.1 Å². The largest absolute Gasteiger partial charge is 0.310 e. The fourth-order valence-electron chi connectivity index (χ4n) is 2.20. The lowest BCUT2D eigenvalue weighted by Gasteiger charge is -2.19. The molecule has 0 radical (unpaired) electrons. The zero-order chi connectivity index (χ0) is 13.4. The standard InChI is InChI=1S/C16H28N2/c1-5-9-18-16(8-6-7-13(2)3)15-10-14(4)11-17-12-15/h10-13,16,18H,5-9H2,1-4H3. The summed E-state index contributed by atoms with van der Waals surface area (Å²) in [5.74, 6) is 0.799. The van der Waals surface area contributed by atoms with Crippen LogP contribution in [0.25, 0.3) is 0 Å². The molecule has 0 amide bonds. The van der Waals surface area contributed by atoms with Crippen LogP contribution in [0.2, 0.25) is 0 Å². The molecular weight excluding hydrogens is 220 g/mol. The number of aromatic nitrogens is 1. The number of nitrogens with zero attached hydrogens (tertiary/aromatic N) is 1. The molecule has 102 valence electrons. The maximum atomic E-state index is 4.32. The van der Waals surface area contributed by atoms with Gasteiger partial charge in [0.15, 0.2) is 0 Å². The fraction of sp³-hybridized carbons (Fsp3) is 0.688. The van der Waals surface area contributed by atoms with Crippen LogP contribution in [-0.2, 0) is 0 Å². The molecule has 1 aromatic rings. The van der Waals surface area contributed by atoms with Crippen molar-refractivity contribution in [3.63, 3.8) is 0 Å². The average molecular weight is 248 g/mol. The van der Waals surface area contributed by atoms with E-state index in [0.29, 0.717) is 6.04 Å². The van der Waals surface area contributed by atoms with Gasteiger partial charge in [-0.3, -0.25) is 4.98 Å². The Morgan fingerprint density at radius 1 is 1.22 bits per heavy atom. The third-order valence-electron chi connectivity index (χ3n) is 3.21. The van der Waals surface area contributed by atoms with Crippen LogP contribution < -0.4 is 5.32 Å². The molecule has 0 saturated heterocycles. The van der Waals surface area contributed by atoms with Gasteiger partial charge in [-0.15, -0.1) is 0 Å². The smallest absolute Gasteiger partial charge is 0.0335 e. The van der Waals surface area contributed by atoms with Crippen LogP contribution in [0.3, 0.4) is 0 Å². The van der Waals surface area contributed by atoms with Gasteiger partial charge in [-0.25, -0.2) is 0 Å². The summed E-state index contributed by atoms with van der Waals surface area (Å²) in [6.45, 7) is 10.00. The zero-order valence-corrected chi connectivity index (χ0v) is 12.4. The van der Waals surface area contributed by atoms with Crippen LogP contribution in [-0.4, -0.2) is 11.5 Å². The Kier molecular flexibility index (Phi) is 6.96. The van der Waals surface area contributed by atoms with Crippen LogP contribution in [0.4, 0.5) is 0 Å². The average Bonchev–Trinajstić information content (AvgIpc) is 2.33. The summed E-state index contributed by atoms with van der Waals surface area (Å²) in [6, 6.07) is 2.73. The first-order chi connectivity index (χ1) is 8.63. The van der Waals surface area contributed by atoms with Crippen molar-refractivity contribution in [3.05, 3.63) is 29.6 Å². The van der Waals surface area contributed by atoms with Crippen LogP contribution in [0.1, 0.15) is 63.6 Å². The summed E-state index contributed by atoms with van der Waals surface area (Å²) >= 11 is 0. The van der Waals surface area contributed by atoms with Gasteiger partial charge in [-0.1, -0.05) is 39.7 Å². The van der Waals surface area contributed by atoms with Gasteiger partial charge in [0.05, 0.1) is 0 Å². The van der Waals surface area contributed by atoms with Gasteiger partial charge in [-0.2, -0.15) is 0 Å². The van der Waals surface area contributed by atoms with Crippen LogP contribution in [0.15, 0.2) is 18.5 Å². The maximum Gasteiger partial charge on any atom is 0.0335 e. The Hall–Kier alpha value is -0.890. The molecule has 1 N–H and O–H groups in total. The van der Waals surface area contributed by atoms with Crippen molar-refractivity contribution in [2.24, 2.45) is 5.92 Å². The predicted octanol–water partition coefficient (Wildman–Crippen LogP) is 4.26. The van der Waals surface area contributed by atoms with Gasteiger partial charge in [0.1, 0.15) is 0 Å². The summed E-state index contributed by atoms with van der Waals surface area (Å²) in [7, 11) is 0. The molecule has 0 aliphatic carbocycles. The Morgan fingerprint density at radius 3 is 2.61 bits per heavy atom. The van der Waals surface area contributed by atoms with E-state index in [1.807, 2.05) is 12.4 Å². The van der Waals surface area contributed by atoms with Gasteiger partial charge in [0, 0.05) is 18.4 Å². The lowest BCUT2D eigenvalue weighted by atomic mass is 9.98. The molecule has 1 rings (SSSR count). The molecule has 0 spiro atoms. The van der Waals surface area contributed by atoms with Gasteiger partial charge in [-0.05, 0) is 43.4 Å². The summed E-state index contributed by atoms with van der Waals surface area (Å²) in [5.41, 5.74) is 2.59. The molecule has 0 aliphatic heterocycles. The Bertz CT molecular complexity index is 334. The van der Waals surface area contributed by atoms with Gasteiger partial charge in [0.2, 0.25) is 0 Å². The van der Waals surface area contributed by atoms with Crippen molar-refractivity contribution in [1.29, 1.82) is 0 Å². The highest BCUT2D eigenvalue weighted by molar-refractivity contribution is 5.20.